The third kappa shape index (κ3) is 2.53. The first-order chi connectivity index (χ1) is 6.65. The molecule has 0 aliphatic heterocycles. The maximum absolute atomic E-state index is 11.7. The molecular formula is C10H15N3O. The number of Topliss-reactive ketones (excluding diaryl/α,β-unsaturated/α-hetero) is 1. The Balaban J connectivity index is 2.75. The Kier molecular flexibility index (Phi) is 3.59. The van der Waals surface area contributed by atoms with E-state index in [9.17, 15) is 4.79 Å². The number of rotatable bonds is 4. The smallest absolute Gasteiger partial charge is 0.166 e. The number of carbonyl (C=O) groups is 1. The number of carbonyl (C=O) groups excluding carboxylic acids is 1. The molecule has 0 saturated heterocycles. The number of anilines is 1. The van der Waals surface area contributed by atoms with Gasteiger partial charge in [0.2, 0.25) is 0 Å². The van der Waals surface area contributed by atoms with E-state index < -0.39 is 0 Å². The summed E-state index contributed by atoms with van der Waals surface area (Å²) in [4.78, 5) is 15.5. The lowest BCUT2D eigenvalue weighted by atomic mass is 10.0. The highest BCUT2D eigenvalue weighted by Gasteiger charge is 2.12. The Morgan fingerprint density at radius 3 is 2.93 bits per heavy atom. The van der Waals surface area contributed by atoms with Gasteiger partial charge in [0, 0.05) is 12.6 Å². The van der Waals surface area contributed by atoms with Crippen LogP contribution in [0.25, 0.3) is 0 Å². The standard InChI is InChI=1S/C10H15N3O/c1-7(6-11)5-9(14)8-3-2-4-13-10(8)12/h2-4,7H,5-6,11H2,1H3,(H2,12,13). The molecule has 4 N–H and O–H groups in total. The largest absolute Gasteiger partial charge is 0.383 e. The molecule has 76 valence electrons. The summed E-state index contributed by atoms with van der Waals surface area (Å²) in [5, 5.41) is 0. The van der Waals surface area contributed by atoms with Crippen molar-refractivity contribution >= 4 is 11.6 Å². The molecule has 0 spiro atoms. The molecule has 0 aliphatic carbocycles. The second-order valence-corrected chi connectivity index (χ2v) is 3.40. The summed E-state index contributed by atoms with van der Waals surface area (Å²) in [6, 6.07) is 3.39. The molecule has 0 saturated carbocycles. The highest BCUT2D eigenvalue weighted by Crippen LogP contribution is 2.13. The van der Waals surface area contributed by atoms with Crippen molar-refractivity contribution in [2.45, 2.75) is 13.3 Å². The number of hydrogen-bond acceptors (Lipinski definition) is 4. The highest BCUT2D eigenvalue weighted by atomic mass is 16.1. The van der Waals surface area contributed by atoms with Crippen LogP contribution in [0.2, 0.25) is 0 Å². The minimum atomic E-state index is 0.00792. The zero-order valence-corrected chi connectivity index (χ0v) is 8.23. The van der Waals surface area contributed by atoms with Gasteiger partial charge in [-0.15, -0.1) is 0 Å². The molecule has 1 aromatic rings. The molecular weight excluding hydrogens is 178 g/mol. The zero-order chi connectivity index (χ0) is 10.6. The van der Waals surface area contributed by atoms with Gasteiger partial charge in [-0.3, -0.25) is 4.79 Å². The third-order valence-electron chi connectivity index (χ3n) is 2.08. The van der Waals surface area contributed by atoms with E-state index in [2.05, 4.69) is 4.98 Å². The van der Waals surface area contributed by atoms with Crippen LogP contribution in [-0.2, 0) is 0 Å². The minimum Gasteiger partial charge on any atom is -0.383 e. The van der Waals surface area contributed by atoms with Crippen molar-refractivity contribution in [1.29, 1.82) is 0 Å². The zero-order valence-electron chi connectivity index (χ0n) is 8.23. The van der Waals surface area contributed by atoms with Gasteiger partial charge in [-0.2, -0.15) is 0 Å². The molecule has 0 radical (unpaired) electrons. The van der Waals surface area contributed by atoms with Crippen LogP contribution in [0.4, 0.5) is 5.82 Å². The van der Waals surface area contributed by atoms with Crippen LogP contribution in [0.15, 0.2) is 18.3 Å². The second kappa shape index (κ2) is 4.72. The van der Waals surface area contributed by atoms with Crippen LogP contribution in [-0.4, -0.2) is 17.3 Å². The van der Waals surface area contributed by atoms with Crippen LogP contribution < -0.4 is 11.5 Å². The van der Waals surface area contributed by atoms with Gasteiger partial charge >= 0.3 is 0 Å². The molecule has 0 amide bonds. The Labute approximate surface area is 83.3 Å². The summed E-state index contributed by atoms with van der Waals surface area (Å²) < 4.78 is 0. The van der Waals surface area contributed by atoms with Crippen molar-refractivity contribution in [2.75, 3.05) is 12.3 Å². The maximum atomic E-state index is 11.7. The van der Waals surface area contributed by atoms with Crippen LogP contribution in [0.3, 0.4) is 0 Å². The fourth-order valence-electron chi connectivity index (χ4n) is 1.16. The van der Waals surface area contributed by atoms with Crippen molar-refractivity contribution in [2.24, 2.45) is 11.7 Å². The fourth-order valence-corrected chi connectivity index (χ4v) is 1.16. The number of nitrogen functional groups attached to an aromatic ring is 1. The number of pyridine rings is 1. The van der Waals surface area contributed by atoms with Gasteiger partial charge in [0.15, 0.2) is 5.78 Å². The molecule has 1 atom stereocenters. The molecule has 1 unspecified atom stereocenters. The van der Waals surface area contributed by atoms with E-state index in [1.54, 1.807) is 18.3 Å². The van der Waals surface area contributed by atoms with Gasteiger partial charge < -0.3 is 11.5 Å². The summed E-state index contributed by atoms with van der Waals surface area (Å²) in [5.74, 6) is 0.484. The average Bonchev–Trinajstić information content (AvgIpc) is 2.18. The number of nitrogens with zero attached hydrogens (tertiary/aromatic N) is 1. The van der Waals surface area contributed by atoms with Crippen molar-refractivity contribution in [3.63, 3.8) is 0 Å². The molecule has 0 fully saturated rings. The van der Waals surface area contributed by atoms with Crippen LogP contribution in [0, 0.1) is 5.92 Å². The molecule has 4 nitrogen and oxygen atoms in total. The van der Waals surface area contributed by atoms with Gasteiger partial charge in [0.1, 0.15) is 5.82 Å². The Morgan fingerprint density at radius 1 is 1.64 bits per heavy atom. The normalized spacial score (nSPS) is 12.4. The lowest BCUT2D eigenvalue weighted by Gasteiger charge is -2.07. The quantitative estimate of drug-likeness (QED) is 0.694. The average molecular weight is 193 g/mol. The predicted molar refractivity (Wildman–Crippen MR) is 55.8 cm³/mol. The summed E-state index contributed by atoms with van der Waals surface area (Å²) >= 11 is 0. The molecule has 0 bridgehead atoms. The van der Waals surface area contributed by atoms with E-state index in [1.165, 1.54) is 0 Å². The summed E-state index contributed by atoms with van der Waals surface area (Å²) in [6.07, 6.45) is 1.99. The first kappa shape index (κ1) is 10.7. The SMILES string of the molecule is CC(CN)CC(=O)c1cccnc1N. The van der Waals surface area contributed by atoms with Gasteiger partial charge in [0.05, 0.1) is 5.56 Å². The van der Waals surface area contributed by atoms with Crippen LogP contribution in [0.5, 0.6) is 0 Å². The second-order valence-electron chi connectivity index (χ2n) is 3.40. The monoisotopic (exact) mass is 193 g/mol. The number of hydrogen-bond donors (Lipinski definition) is 2. The first-order valence-electron chi connectivity index (χ1n) is 4.59. The molecule has 4 heteroatoms. The van der Waals surface area contributed by atoms with E-state index in [0.29, 0.717) is 24.3 Å². The molecule has 14 heavy (non-hydrogen) atoms. The summed E-state index contributed by atoms with van der Waals surface area (Å²) in [7, 11) is 0. The highest BCUT2D eigenvalue weighted by molar-refractivity contribution is 5.99. The summed E-state index contributed by atoms with van der Waals surface area (Å²) in [5.41, 5.74) is 11.5. The van der Waals surface area contributed by atoms with Crippen molar-refractivity contribution in [1.82, 2.24) is 4.98 Å². The topological polar surface area (TPSA) is 82.0 Å². The van der Waals surface area contributed by atoms with E-state index in [0.717, 1.165) is 0 Å². The van der Waals surface area contributed by atoms with Crippen LogP contribution >= 0.6 is 0 Å². The maximum Gasteiger partial charge on any atom is 0.166 e. The Hall–Kier alpha value is -1.42. The van der Waals surface area contributed by atoms with Gasteiger partial charge in [-0.25, -0.2) is 4.98 Å². The molecule has 1 heterocycles. The summed E-state index contributed by atoms with van der Waals surface area (Å²) in [6.45, 7) is 2.44. The van der Waals surface area contributed by atoms with E-state index >= 15 is 0 Å². The van der Waals surface area contributed by atoms with Crippen molar-refractivity contribution < 1.29 is 4.79 Å². The minimum absolute atomic E-state index is 0.00792. The fraction of sp³-hybridized carbons (Fsp3) is 0.400. The molecule has 0 aromatic carbocycles. The number of aromatic nitrogens is 1. The van der Waals surface area contributed by atoms with Gasteiger partial charge in [-0.1, -0.05) is 6.92 Å². The molecule has 1 aromatic heterocycles. The predicted octanol–water partition coefficient (Wildman–Crippen LogP) is 0.831. The van der Waals surface area contributed by atoms with Gasteiger partial charge in [-0.05, 0) is 24.6 Å². The van der Waals surface area contributed by atoms with Crippen molar-refractivity contribution in [3.05, 3.63) is 23.9 Å². The lowest BCUT2D eigenvalue weighted by Crippen LogP contribution is -2.16. The van der Waals surface area contributed by atoms with Gasteiger partial charge in [0.25, 0.3) is 0 Å². The third-order valence-corrected chi connectivity index (χ3v) is 2.08. The van der Waals surface area contributed by atoms with Crippen LogP contribution in [0.1, 0.15) is 23.7 Å². The molecule has 0 aliphatic rings. The number of ketones is 1. The number of nitrogens with two attached hydrogens (primary N) is 2. The van der Waals surface area contributed by atoms with Crippen molar-refractivity contribution in [3.8, 4) is 0 Å². The Morgan fingerprint density at radius 2 is 2.36 bits per heavy atom. The van der Waals surface area contributed by atoms with E-state index in [4.69, 9.17) is 11.5 Å². The van der Waals surface area contributed by atoms with E-state index in [1.807, 2.05) is 6.92 Å². The molecule has 1 rings (SSSR count). The first-order valence-corrected chi connectivity index (χ1v) is 4.59. The lowest BCUT2D eigenvalue weighted by molar-refractivity contribution is 0.0966. The Bertz CT molecular complexity index is 325. The van der Waals surface area contributed by atoms with E-state index in [-0.39, 0.29) is 11.7 Å².